The van der Waals surface area contributed by atoms with Gasteiger partial charge in [-0.15, -0.1) is 0 Å². The van der Waals surface area contributed by atoms with E-state index < -0.39 is 0 Å². The van der Waals surface area contributed by atoms with Crippen LogP contribution in [0.5, 0.6) is 0 Å². The molecule has 0 radical (unpaired) electrons. The molecule has 0 saturated carbocycles. The van der Waals surface area contributed by atoms with Gasteiger partial charge >= 0.3 is 0 Å². The summed E-state index contributed by atoms with van der Waals surface area (Å²) >= 11 is 1.22. The number of benzene rings is 1. The van der Waals surface area contributed by atoms with E-state index in [9.17, 15) is 9.59 Å². The largest absolute Gasteiger partial charge is 0.376 e. The second-order valence-corrected chi connectivity index (χ2v) is 8.40. The number of aromatic nitrogens is 4. The maximum Gasteiger partial charge on any atom is 0.267 e. The minimum Gasteiger partial charge on any atom is -0.376 e. The Hall–Kier alpha value is -3.11. The Morgan fingerprint density at radius 2 is 2.13 bits per heavy atom. The van der Waals surface area contributed by atoms with E-state index in [1.807, 2.05) is 24.3 Å². The Kier molecular flexibility index (Phi) is 6.38. The predicted octanol–water partition coefficient (Wildman–Crippen LogP) is 2.88. The second kappa shape index (κ2) is 9.36. The van der Waals surface area contributed by atoms with Crippen molar-refractivity contribution in [1.29, 1.82) is 0 Å². The minimum absolute atomic E-state index is 0.0152. The van der Waals surface area contributed by atoms with Crippen LogP contribution < -0.4 is 10.2 Å². The summed E-state index contributed by atoms with van der Waals surface area (Å²) in [4.78, 5) is 35.5. The predicted molar refractivity (Wildman–Crippen MR) is 117 cm³/mol. The molecule has 31 heavy (non-hydrogen) atoms. The van der Waals surface area contributed by atoms with Gasteiger partial charge in [0.1, 0.15) is 17.5 Å². The molecule has 1 N–H and O–H groups in total. The van der Waals surface area contributed by atoms with Crippen LogP contribution in [0.4, 0.5) is 10.8 Å². The van der Waals surface area contributed by atoms with Gasteiger partial charge in [-0.3, -0.25) is 14.5 Å². The maximum atomic E-state index is 12.8. The van der Waals surface area contributed by atoms with E-state index in [-0.39, 0.29) is 17.9 Å². The van der Waals surface area contributed by atoms with Gasteiger partial charge in [-0.05, 0) is 37.5 Å². The second-order valence-electron chi connectivity index (χ2n) is 7.42. The molecule has 1 aliphatic heterocycles. The van der Waals surface area contributed by atoms with Gasteiger partial charge in [-0.25, -0.2) is 14.6 Å². The van der Waals surface area contributed by atoms with E-state index in [1.165, 1.54) is 24.6 Å². The van der Waals surface area contributed by atoms with Crippen molar-refractivity contribution in [1.82, 2.24) is 19.7 Å². The summed E-state index contributed by atoms with van der Waals surface area (Å²) in [5, 5.41) is 7.52. The van der Waals surface area contributed by atoms with Crippen molar-refractivity contribution in [3.63, 3.8) is 0 Å². The first-order chi connectivity index (χ1) is 15.0. The van der Waals surface area contributed by atoms with Gasteiger partial charge in [-0.1, -0.05) is 23.5 Å². The Morgan fingerprint density at radius 3 is 2.77 bits per heavy atom. The summed E-state index contributed by atoms with van der Waals surface area (Å²) in [6.45, 7) is 5.07. The molecular formula is C21H24N6O3S. The highest BCUT2D eigenvalue weighted by Crippen LogP contribution is 2.28. The number of anilines is 2. The third kappa shape index (κ3) is 5.15. The third-order valence-electron chi connectivity index (χ3n) is 5.04. The number of amides is 2. The number of nitrogens with zero attached hydrogens (tertiary/aromatic N) is 5. The number of nitrogens with one attached hydrogen (secondary N) is 1. The lowest BCUT2D eigenvalue weighted by Crippen LogP contribution is -2.35. The molecule has 0 aliphatic carbocycles. The van der Waals surface area contributed by atoms with Gasteiger partial charge in [-0.2, -0.15) is 5.10 Å². The molecule has 1 saturated heterocycles. The average Bonchev–Trinajstić information content (AvgIpc) is 3.50. The fraction of sp³-hybridized carbons (Fsp3) is 0.381. The number of ether oxygens (including phenoxy) is 1. The van der Waals surface area contributed by atoms with Crippen molar-refractivity contribution in [2.75, 3.05) is 23.4 Å². The maximum absolute atomic E-state index is 12.8. The quantitative estimate of drug-likeness (QED) is 0.606. The molecule has 2 aromatic heterocycles. The van der Waals surface area contributed by atoms with E-state index in [2.05, 4.69) is 20.4 Å². The lowest BCUT2D eigenvalue weighted by Gasteiger charge is -2.21. The standard InChI is InChI=1S/C21H24N6O3S/c1-14-19(31-21(24-14)27(15(2)28)11-18-4-3-9-30-18)20(29)25-17-7-5-16(6-8-17)10-26-13-22-12-23-26/h5-8,12-13,18H,3-4,9-11H2,1-2H3,(H,25,29). The van der Waals surface area contributed by atoms with Crippen LogP contribution in [0.15, 0.2) is 36.9 Å². The lowest BCUT2D eigenvalue weighted by atomic mass is 10.2. The zero-order chi connectivity index (χ0) is 21.8. The Balaban J connectivity index is 1.43. The summed E-state index contributed by atoms with van der Waals surface area (Å²) in [6, 6.07) is 7.56. The number of carbonyl (C=O) groups is 2. The molecule has 9 nitrogen and oxygen atoms in total. The van der Waals surface area contributed by atoms with Gasteiger partial charge in [0.2, 0.25) is 5.91 Å². The summed E-state index contributed by atoms with van der Waals surface area (Å²) < 4.78 is 7.39. The molecule has 0 bridgehead atoms. The Morgan fingerprint density at radius 1 is 1.32 bits per heavy atom. The number of thiazole rings is 1. The van der Waals surface area contributed by atoms with Crippen LogP contribution in [0, 0.1) is 6.92 Å². The number of aryl methyl sites for hydroxylation is 1. The van der Waals surface area contributed by atoms with Crippen LogP contribution in [0.25, 0.3) is 0 Å². The van der Waals surface area contributed by atoms with Gasteiger partial charge in [0.25, 0.3) is 5.91 Å². The highest BCUT2D eigenvalue weighted by molar-refractivity contribution is 7.17. The number of rotatable bonds is 7. The van der Waals surface area contributed by atoms with Crippen molar-refractivity contribution in [2.24, 2.45) is 0 Å². The molecule has 3 heterocycles. The van der Waals surface area contributed by atoms with Crippen molar-refractivity contribution < 1.29 is 14.3 Å². The molecule has 1 fully saturated rings. The molecule has 162 valence electrons. The van der Waals surface area contributed by atoms with E-state index in [4.69, 9.17) is 4.74 Å². The van der Waals surface area contributed by atoms with Crippen molar-refractivity contribution in [3.05, 3.63) is 53.1 Å². The molecule has 0 spiro atoms. The lowest BCUT2D eigenvalue weighted by molar-refractivity contribution is -0.116. The molecule has 1 unspecified atom stereocenters. The molecule has 1 atom stereocenters. The molecule has 3 aromatic rings. The molecule has 10 heteroatoms. The van der Waals surface area contributed by atoms with Crippen LogP contribution in [0.1, 0.15) is 40.7 Å². The number of hydrogen-bond donors (Lipinski definition) is 1. The number of carbonyl (C=O) groups excluding carboxylic acids is 2. The number of hydrogen-bond acceptors (Lipinski definition) is 7. The van der Waals surface area contributed by atoms with Crippen LogP contribution >= 0.6 is 11.3 Å². The van der Waals surface area contributed by atoms with Gasteiger partial charge in [0.15, 0.2) is 5.13 Å². The highest BCUT2D eigenvalue weighted by atomic mass is 32.1. The fourth-order valence-corrected chi connectivity index (χ4v) is 4.44. The highest BCUT2D eigenvalue weighted by Gasteiger charge is 2.26. The first-order valence-electron chi connectivity index (χ1n) is 10.1. The fourth-order valence-electron chi connectivity index (χ4n) is 3.42. The summed E-state index contributed by atoms with van der Waals surface area (Å²) in [6.07, 6.45) is 5.09. The minimum atomic E-state index is -0.245. The SMILES string of the molecule is CC(=O)N(CC1CCCO1)c1nc(C)c(C(=O)Nc2ccc(Cn3cncn3)cc2)s1. The van der Waals surface area contributed by atoms with Crippen LogP contribution in [-0.2, 0) is 16.1 Å². The van der Waals surface area contributed by atoms with E-state index in [1.54, 1.807) is 22.8 Å². The zero-order valence-corrected chi connectivity index (χ0v) is 18.3. The Bertz CT molecular complexity index is 1040. The van der Waals surface area contributed by atoms with Crippen molar-refractivity contribution >= 4 is 34.0 Å². The van der Waals surface area contributed by atoms with Gasteiger partial charge in [0, 0.05) is 19.2 Å². The first kappa shape index (κ1) is 21.1. The summed E-state index contributed by atoms with van der Waals surface area (Å²) in [5.74, 6) is -0.356. The van der Waals surface area contributed by atoms with E-state index in [0.717, 1.165) is 25.0 Å². The third-order valence-corrected chi connectivity index (χ3v) is 6.21. The monoisotopic (exact) mass is 440 g/mol. The summed E-state index contributed by atoms with van der Waals surface area (Å²) in [5.41, 5.74) is 2.33. The average molecular weight is 441 g/mol. The van der Waals surface area contributed by atoms with Crippen LogP contribution in [-0.4, -0.2) is 50.8 Å². The smallest absolute Gasteiger partial charge is 0.267 e. The molecule has 1 aliphatic rings. The van der Waals surface area contributed by atoms with Crippen molar-refractivity contribution in [3.8, 4) is 0 Å². The Labute approximate surface area is 184 Å². The molecular weight excluding hydrogens is 416 g/mol. The van der Waals surface area contributed by atoms with Crippen LogP contribution in [0.2, 0.25) is 0 Å². The molecule has 1 aromatic carbocycles. The van der Waals surface area contributed by atoms with Gasteiger partial charge < -0.3 is 10.1 Å². The van der Waals surface area contributed by atoms with Crippen molar-refractivity contribution in [2.45, 2.75) is 39.3 Å². The van der Waals surface area contributed by atoms with E-state index >= 15 is 0 Å². The normalized spacial score (nSPS) is 15.7. The molecule has 2 amide bonds. The summed E-state index contributed by atoms with van der Waals surface area (Å²) in [7, 11) is 0. The zero-order valence-electron chi connectivity index (χ0n) is 17.4. The van der Waals surface area contributed by atoms with E-state index in [0.29, 0.717) is 34.5 Å². The topological polar surface area (TPSA) is 102 Å². The first-order valence-corrected chi connectivity index (χ1v) is 10.9. The van der Waals surface area contributed by atoms with Crippen LogP contribution in [0.3, 0.4) is 0 Å². The molecule has 4 rings (SSSR count). The van der Waals surface area contributed by atoms with Gasteiger partial charge in [0.05, 0.1) is 24.9 Å².